The molecule has 2 heterocycles. The van der Waals surface area contributed by atoms with Gasteiger partial charge < -0.3 is 10.0 Å². The van der Waals surface area contributed by atoms with E-state index in [1.807, 2.05) is 7.05 Å². The molecule has 0 saturated carbocycles. The molecule has 72 valence electrons. The highest BCUT2D eigenvalue weighted by atomic mass is 16.3. The molecule has 1 aromatic heterocycles. The molecule has 0 bridgehead atoms. The Morgan fingerprint density at radius 2 is 2.46 bits per heavy atom. The molecule has 1 N–H and O–H groups in total. The van der Waals surface area contributed by atoms with Crippen molar-refractivity contribution in [2.45, 2.75) is 18.9 Å². The summed E-state index contributed by atoms with van der Waals surface area (Å²) in [6.07, 6.45) is 3.47. The molecular formula is C8H14N4O. The van der Waals surface area contributed by atoms with Crippen molar-refractivity contribution in [3.05, 3.63) is 6.20 Å². The zero-order chi connectivity index (χ0) is 9.26. The fourth-order valence-electron chi connectivity index (χ4n) is 1.73. The number of anilines is 1. The molecule has 0 aromatic carbocycles. The van der Waals surface area contributed by atoms with Gasteiger partial charge in [-0.3, -0.25) is 0 Å². The molecule has 0 aliphatic carbocycles. The Hall–Kier alpha value is -1.10. The van der Waals surface area contributed by atoms with Crippen LogP contribution in [-0.2, 0) is 7.05 Å². The maximum Gasteiger partial charge on any atom is 0.147 e. The van der Waals surface area contributed by atoms with Gasteiger partial charge in [0.2, 0.25) is 0 Å². The molecule has 2 rings (SSSR count). The Morgan fingerprint density at radius 3 is 3.08 bits per heavy atom. The lowest BCUT2D eigenvalue weighted by molar-refractivity contribution is 0.153. The van der Waals surface area contributed by atoms with E-state index >= 15 is 0 Å². The van der Waals surface area contributed by atoms with Crippen LogP contribution in [0.25, 0.3) is 0 Å². The molecule has 1 aliphatic heterocycles. The molecule has 5 nitrogen and oxygen atoms in total. The lowest BCUT2D eigenvalue weighted by atomic mass is 10.1. The van der Waals surface area contributed by atoms with Gasteiger partial charge in [-0.2, -0.15) is 0 Å². The highest BCUT2D eigenvalue weighted by Gasteiger charge is 2.19. The van der Waals surface area contributed by atoms with Crippen LogP contribution in [0.3, 0.4) is 0 Å². The third kappa shape index (κ3) is 1.65. The average molecular weight is 182 g/mol. The monoisotopic (exact) mass is 182 g/mol. The summed E-state index contributed by atoms with van der Waals surface area (Å²) < 4.78 is 1.73. The minimum Gasteiger partial charge on any atom is -0.391 e. The predicted molar refractivity (Wildman–Crippen MR) is 48.5 cm³/mol. The second-order valence-electron chi connectivity index (χ2n) is 3.46. The first-order chi connectivity index (χ1) is 6.27. The Bertz CT molecular complexity index is 285. The van der Waals surface area contributed by atoms with Crippen molar-refractivity contribution in [1.82, 2.24) is 15.0 Å². The van der Waals surface area contributed by atoms with Gasteiger partial charge >= 0.3 is 0 Å². The molecule has 1 unspecified atom stereocenters. The highest BCUT2D eigenvalue weighted by Crippen LogP contribution is 2.17. The smallest absolute Gasteiger partial charge is 0.147 e. The molecule has 5 heteroatoms. The molecule has 1 saturated heterocycles. The van der Waals surface area contributed by atoms with Gasteiger partial charge in [-0.15, -0.1) is 5.10 Å². The van der Waals surface area contributed by atoms with Crippen LogP contribution in [0.4, 0.5) is 5.82 Å². The highest BCUT2D eigenvalue weighted by molar-refractivity contribution is 5.36. The van der Waals surface area contributed by atoms with Crippen LogP contribution in [0.15, 0.2) is 6.20 Å². The van der Waals surface area contributed by atoms with Gasteiger partial charge in [0.25, 0.3) is 0 Å². The van der Waals surface area contributed by atoms with Gasteiger partial charge in [-0.1, -0.05) is 5.21 Å². The summed E-state index contributed by atoms with van der Waals surface area (Å²) >= 11 is 0. The minimum absolute atomic E-state index is 0.205. The van der Waals surface area contributed by atoms with E-state index in [2.05, 4.69) is 15.2 Å². The molecule has 1 aromatic rings. The van der Waals surface area contributed by atoms with Crippen molar-refractivity contribution in [2.24, 2.45) is 7.05 Å². The van der Waals surface area contributed by atoms with Crippen molar-refractivity contribution in [3.8, 4) is 0 Å². The maximum absolute atomic E-state index is 9.48. The summed E-state index contributed by atoms with van der Waals surface area (Å²) in [5, 5.41) is 17.1. The Labute approximate surface area is 77.0 Å². The summed E-state index contributed by atoms with van der Waals surface area (Å²) in [6, 6.07) is 0. The largest absolute Gasteiger partial charge is 0.391 e. The lowest BCUT2D eigenvalue weighted by Gasteiger charge is -2.30. The maximum atomic E-state index is 9.48. The second kappa shape index (κ2) is 3.33. The first-order valence-electron chi connectivity index (χ1n) is 4.55. The van der Waals surface area contributed by atoms with E-state index in [1.54, 1.807) is 10.9 Å². The van der Waals surface area contributed by atoms with E-state index in [-0.39, 0.29) is 6.10 Å². The minimum atomic E-state index is -0.205. The third-order valence-electron chi connectivity index (χ3n) is 2.41. The number of aryl methyl sites for hydroxylation is 1. The molecule has 13 heavy (non-hydrogen) atoms. The number of rotatable bonds is 1. The first kappa shape index (κ1) is 8.50. The molecule has 0 amide bonds. The zero-order valence-corrected chi connectivity index (χ0v) is 7.72. The van der Waals surface area contributed by atoms with Crippen molar-refractivity contribution in [3.63, 3.8) is 0 Å². The summed E-state index contributed by atoms with van der Waals surface area (Å²) in [5.74, 6) is 0.985. The van der Waals surface area contributed by atoms with Gasteiger partial charge in [0, 0.05) is 20.1 Å². The van der Waals surface area contributed by atoms with E-state index in [1.165, 1.54) is 0 Å². The molecule has 0 radical (unpaired) electrons. The van der Waals surface area contributed by atoms with Crippen LogP contribution >= 0.6 is 0 Å². The van der Waals surface area contributed by atoms with Crippen molar-refractivity contribution >= 4 is 5.82 Å². The Balaban J connectivity index is 2.12. The van der Waals surface area contributed by atoms with Gasteiger partial charge in [0.1, 0.15) is 5.82 Å². The molecule has 1 atom stereocenters. The second-order valence-corrected chi connectivity index (χ2v) is 3.46. The van der Waals surface area contributed by atoms with Gasteiger partial charge in [0.15, 0.2) is 0 Å². The normalized spacial score (nSPS) is 23.5. The number of hydrogen-bond donors (Lipinski definition) is 1. The predicted octanol–water partition coefficient (Wildman–Crippen LogP) is -0.224. The SMILES string of the molecule is Cn1nncc1N1CCCC(O)C1. The molecule has 1 aliphatic rings. The van der Waals surface area contributed by atoms with Crippen molar-refractivity contribution in [2.75, 3.05) is 18.0 Å². The lowest BCUT2D eigenvalue weighted by Crippen LogP contribution is -2.39. The number of β-amino-alcohol motifs (C(OH)–C–C–N with tert-alkyl or cyclic N) is 1. The van der Waals surface area contributed by atoms with Gasteiger partial charge in [-0.05, 0) is 12.8 Å². The number of hydrogen-bond acceptors (Lipinski definition) is 4. The summed E-state index contributed by atoms with van der Waals surface area (Å²) in [4.78, 5) is 2.12. The van der Waals surface area contributed by atoms with E-state index < -0.39 is 0 Å². The van der Waals surface area contributed by atoms with Gasteiger partial charge in [0.05, 0.1) is 12.3 Å². The summed E-state index contributed by atoms with van der Waals surface area (Å²) in [6.45, 7) is 1.68. The molecule has 0 spiro atoms. The number of nitrogens with zero attached hydrogens (tertiary/aromatic N) is 4. The summed E-state index contributed by atoms with van der Waals surface area (Å²) in [7, 11) is 1.86. The van der Waals surface area contributed by atoms with Crippen LogP contribution in [-0.4, -0.2) is 39.3 Å². The van der Waals surface area contributed by atoms with Crippen LogP contribution in [0.5, 0.6) is 0 Å². The van der Waals surface area contributed by atoms with E-state index in [0.29, 0.717) is 6.54 Å². The quantitative estimate of drug-likeness (QED) is 0.652. The van der Waals surface area contributed by atoms with Crippen LogP contribution in [0.2, 0.25) is 0 Å². The zero-order valence-electron chi connectivity index (χ0n) is 7.72. The number of aromatic nitrogens is 3. The number of aliphatic hydroxyl groups is 1. The standard InChI is InChI=1S/C8H14N4O/c1-11-8(5-9-10-11)12-4-2-3-7(13)6-12/h5,7,13H,2-4,6H2,1H3. The number of piperidine rings is 1. The fourth-order valence-corrected chi connectivity index (χ4v) is 1.73. The van der Waals surface area contributed by atoms with Gasteiger partial charge in [-0.25, -0.2) is 4.68 Å². The topological polar surface area (TPSA) is 54.2 Å². The summed E-state index contributed by atoms with van der Waals surface area (Å²) in [5.41, 5.74) is 0. The van der Waals surface area contributed by atoms with Crippen LogP contribution in [0, 0.1) is 0 Å². The number of aliphatic hydroxyl groups excluding tert-OH is 1. The van der Waals surface area contributed by atoms with E-state index in [0.717, 1.165) is 25.2 Å². The van der Waals surface area contributed by atoms with E-state index in [9.17, 15) is 5.11 Å². The molecular weight excluding hydrogens is 168 g/mol. The Morgan fingerprint density at radius 1 is 1.62 bits per heavy atom. The third-order valence-corrected chi connectivity index (χ3v) is 2.41. The Kier molecular flexibility index (Phi) is 2.18. The van der Waals surface area contributed by atoms with Crippen LogP contribution < -0.4 is 4.90 Å². The van der Waals surface area contributed by atoms with Crippen LogP contribution in [0.1, 0.15) is 12.8 Å². The first-order valence-corrected chi connectivity index (χ1v) is 4.55. The van der Waals surface area contributed by atoms with Crippen molar-refractivity contribution < 1.29 is 5.11 Å². The van der Waals surface area contributed by atoms with E-state index in [4.69, 9.17) is 0 Å². The molecule has 1 fully saturated rings. The average Bonchev–Trinajstić information content (AvgIpc) is 2.51. The van der Waals surface area contributed by atoms with Crippen molar-refractivity contribution in [1.29, 1.82) is 0 Å². The fraction of sp³-hybridized carbons (Fsp3) is 0.750.